The lowest BCUT2D eigenvalue weighted by Gasteiger charge is -2.32. The molecule has 2 rings (SSSR count). The molecular weight excluding hydrogens is 362 g/mol. The highest BCUT2D eigenvalue weighted by molar-refractivity contribution is 6.32. The summed E-state index contributed by atoms with van der Waals surface area (Å²) in [5.41, 5.74) is 1.96. The highest BCUT2D eigenvalue weighted by Gasteiger charge is 2.21. The number of piperidine rings is 1. The van der Waals surface area contributed by atoms with E-state index in [0.717, 1.165) is 39.0 Å². The number of carbonyl (C=O) groups excluding carboxylic acids is 1. The fourth-order valence-corrected chi connectivity index (χ4v) is 3.27. The summed E-state index contributed by atoms with van der Waals surface area (Å²) in [6, 6.07) is 5.27. The molecule has 0 atom stereocenters. The minimum Gasteiger partial charge on any atom is -0.489 e. The third kappa shape index (κ3) is 7.17. The van der Waals surface area contributed by atoms with Gasteiger partial charge in [0.2, 0.25) is 0 Å². The number of hydrogen-bond donors (Lipinski definition) is 1. The van der Waals surface area contributed by atoms with Gasteiger partial charge < -0.3 is 15.0 Å². The van der Waals surface area contributed by atoms with Gasteiger partial charge in [0.25, 0.3) is 5.91 Å². The monoisotopic (exact) mass is 393 g/mol. The molecule has 1 N–H and O–H groups in total. The van der Waals surface area contributed by atoms with E-state index in [1.165, 1.54) is 5.57 Å². The number of benzene rings is 1. The quantitative estimate of drug-likeness (QED) is 0.687. The third-order valence-corrected chi connectivity index (χ3v) is 5.13. The molecule has 1 aliphatic rings. The zero-order valence-electron chi connectivity index (χ0n) is 16.9. The number of likely N-dealkylation sites (tertiary alicyclic amines) is 1. The molecule has 1 heterocycles. The molecule has 1 fully saturated rings. The predicted molar refractivity (Wildman–Crippen MR) is 112 cm³/mol. The van der Waals surface area contributed by atoms with Crippen molar-refractivity contribution in [3.8, 4) is 5.75 Å². The summed E-state index contributed by atoms with van der Waals surface area (Å²) in [5.74, 6) is 0.544. The second kappa shape index (κ2) is 10.7. The Morgan fingerprint density at radius 3 is 2.67 bits per heavy atom. The summed E-state index contributed by atoms with van der Waals surface area (Å²) in [7, 11) is 3.95. The zero-order chi connectivity index (χ0) is 19.8. The van der Waals surface area contributed by atoms with Crippen molar-refractivity contribution < 1.29 is 9.53 Å². The Morgan fingerprint density at radius 2 is 2.07 bits per heavy atom. The van der Waals surface area contributed by atoms with Crippen LogP contribution in [-0.4, -0.2) is 68.6 Å². The largest absolute Gasteiger partial charge is 0.489 e. The number of halogens is 1. The maximum Gasteiger partial charge on any atom is 0.251 e. The van der Waals surface area contributed by atoms with E-state index in [9.17, 15) is 4.79 Å². The molecule has 0 aromatic heterocycles. The van der Waals surface area contributed by atoms with Crippen LogP contribution in [-0.2, 0) is 0 Å². The summed E-state index contributed by atoms with van der Waals surface area (Å²) in [4.78, 5) is 16.7. The highest BCUT2D eigenvalue weighted by Crippen LogP contribution is 2.28. The van der Waals surface area contributed by atoms with Crippen molar-refractivity contribution in [2.24, 2.45) is 0 Å². The first-order valence-corrected chi connectivity index (χ1v) is 10.00. The van der Waals surface area contributed by atoms with Crippen molar-refractivity contribution in [1.29, 1.82) is 0 Å². The Labute approximate surface area is 168 Å². The molecule has 1 aromatic carbocycles. The molecule has 0 spiro atoms. The first-order chi connectivity index (χ1) is 12.9. The molecule has 0 radical (unpaired) electrons. The molecule has 5 nitrogen and oxygen atoms in total. The lowest BCUT2D eigenvalue weighted by molar-refractivity contribution is 0.0950. The Hall–Kier alpha value is -1.56. The van der Waals surface area contributed by atoms with Crippen molar-refractivity contribution in [2.45, 2.75) is 32.8 Å². The van der Waals surface area contributed by atoms with Gasteiger partial charge in [0.15, 0.2) is 0 Å². The van der Waals surface area contributed by atoms with E-state index < -0.39 is 0 Å². The van der Waals surface area contributed by atoms with Crippen LogP contribution < -0.4 is 10.1 Å². The van der Waals surface area contributed by atoms with Crippen molar-refractivity contribution in [1.82, 2.24) is 15.1 Å². The Bertz CT molecular complexity index is 653. The van der Waals surface area contributed by atoms with Gasteiger partial charge in [0.1, 0.15) is 11.9 Å². The molecule has 0 saturated carbocycles. The maximum atomic E-state index is 12.2. The van der Waals surface area contributed by atoms with Gasteiger partial charge in [0.05, 0.1) is 5.02 Å². The van der Waals surface area contributed by atoms with Crippen molar-refractivity contribution >= 4 is 17.5 Å². The van der Waals surface area contributed by atoms with Crippen molar-refractivity contribution in [3.63, 3.8) is 0 Å². The number of ether oxygens (including phenoxy) is 1. The summed E-state index contributed by atoms with van der Waals surface area (Å²) >= 11 is 6.36. The standard InChI is InChI=1S/C21H32ClN3O2/c1-5-16(2)15-25-11-8-18(9-12-25)27-20-7-6-17(14-19(20)22)21(26)23-10-13-24(3)4/h5-7,14,18H,8-13,15H2,1-4H3,(H,23,26)/b16-5+. The van der Waals surface area contributed by atoms with Gasteiger partial charge in [-0.05, 0) is 59.0 Å². The molecule has 1 amide bonds. The fourth-order valence-electron chi connectivity index (χ4n) is 3.04. The van der Waals surface area contributed by atoms with Gasteiger partial charge >= 0.3 is 0 Å². The number of likely N-dealkylation sites (N-methyl/N-ethyl adjacent to an activating group) is 1. The molecular formula is C21H32ClN3O2. The van der Waals surface area contributed by atoms with Gasteiger partial charge in [-0.15, -0.1) is 0 Å². The van der Waals surface area contributed by atoms with Crippen LogP contribution in [0.3, 0.4) is 0 Å². The van der Waals surface area contributed by atoms with E-state index >= 15 is 0 Å². The van der Waals surface area contributed by atoms with Crippen LogP contribution in [0, 0.1) is 0 Å². The Morgan fingerprint density at radius 1 is 1.37 bits per heavy atom. The van der Waals surface area contributed by atoms with Crippen LogP contribution >= 0.6 is 11.6 Å². The molecule has 0 aliphatic carbocycles. The van der Waals surface area contributed by atoms with Crippen molar-refractivity contribution in [3.05, 3.63) is 40.4 Å². The van der Waals surface area contributed by atoms with Crippen LogP contribution in [0.15, 0.2) is 29.8 Å². The number of rotatable bonds is 8. The Kier molecular flexibility index (Phi) is 8.61. The van der Waals surface area contributed by atoms with Crippen LogP contribution in [0.4, 0.5) is 0 Å². The number of nitrogens with zero attached hydrogens (tertiary/aromatic N) is 2. The fraction of sp³-hybridized carbons (Fsp3) is 0.571. The first kappa shape index (κ1) is 21.7. The molecule has 6 heteroatoms. The maximum absolute atomic E-state index is 12.2. The number of allylic oxidation sites excluding steroid dienone is 1. The summed E-state index contributed by atoms with van der Waals surface area (Å²) < 4.78 is 6.10. The minimum absolute atomic E-state index is 0.113. The molecule has 150 valence electrons. The van der Waals surface area contributed by atoms with E-state index in [-0.39, 0.29) is 12.0 Å². The van der Waals surface area contributed by atoms with Crippen LogP contribution in [0.25, 0.3) is 0 Å². The second-order valence-corrected chi connectivity index (χ2v) is 7.84. The molecule has 0 bridgehead atoms. The lowest BCUT2D eigenvalue weighted by atomic mass is 10.1. The van der Waals surface area contributed by atoms with E-state index in [1.807, 2.05) is 19.0 Å². The number of amides is 1. The van der Waals surface area contributed by atoms with E-state index in [0.29, 0.717) is 22.9 Å². The average molecular weight is 394 g/mol. The van der Waals surface area contributed by atoms with Gasteiger partial charge in [-0.2, -0.15) is 0 Å². The number of nitrogens with one attached hydrogen (secondary N) is 1. The molecule has 27 heavy (non-hydrogen) atoms. The SMILES string of the molecule is C/C=C(\C)CN1CCC(Oc2ccc(C(=O)NCCN(C)C)cc2Cl)CC1. The van der Waals surface area contributed by atoms with Gasteiger partial charge in [-0.3, -0.25) is 9.69 Å². The van der Waals surface area contributed by atoms with E-state index in [2.05, 4.69) is 30.1 Å². The summed E-state index contributed by atoms with van der Waals surface area (Å²) in [5, 5.41) is 3.38. The van der Waals surface area contributed by atoms with Gasteiger partial charge in [-0.25, -0.2) is 0 Å². The average Bonchev–Trinajstić information content (AvgIpc) is 2.64. The van der Waals surface area contributed by atoms with Crippen LogP contribution in [0.1, 0.15) is 37.0 Å². The van der Waals surface area contributed by atoms with Crippen LogP contribution in [0.5, 0.6) is 5.75 Å². The molecule has 1 aromatic rings. The topological polar surface area (TPSA) is 44.8 Å². The summed E-state index contributed by atoms with van der Waals surface area (Å²) in [6.45, 7) is 8.74. The first-order valence-electron chi connectivity index (χ1n) is 9.62. The second-order valence-electron chi connectivity index (χ2n) is 7.43. The van der Waals surface area contributed by atoms with Crippen molar-refractivity contribution in [2.75, 3.05) is 46.8 Å². The normalized spacial score (nSPS) is 16.6. The zero-order valence-corrected chi connectivity index (χ0v) is 17.7. The molecule has 1 aliphatic heterocycles. The predicted octanol–water partition coefficient (Wildman–Crippen LogP) is 3.44. The number of carbonyl (C=O) groups is 1. The molecule has 0 unspecified atom stereocenters. The minimum atomic E-state index is -0.113. The smallest absolute Gasteiger partial charge is 0.251 e. The van der Waals surface area contributed by atoms with Gasteiger partial charge in [-0.1, -0.05) is 23.3 Å². The molecule has 1 saturated heterocycles. The van der Waals surface area contributed by atoms with E-state index in [1.54, 1.807) is 18.2 Å². The van der Waals surface area contributed by atoms with Gasteiger partial charge in [0, 0.05) is 38.3 Å². The highest BCUT2D eigenvalue weighted by atomic mass is 35.5. The number of hydrogen-bond acceptors (Lipinski definition) is 4. The lowest BCUT2D eigenvalue weighted by Crippen LogP contribution is -2.39. The summed E-state index contributed by atoms with van der Waals surface area (Å²) in [6.07, 6.45) is 4.31. The Balaban J connectivity index is 1.85. The van der Waals surface area contributed by atoms with Crippen LogP contribution in [0.2, 0.25) is 5.02 Å². The third-order valence-electron chi connectivity index (χ3n) is 4.83. The van der Waals surface area contributed by atoms with E-state index in [4.69, 9.17) is 16.3 Å².